The van der Waals surface area contributed by atoms with Crippen LogP contribution in [0.25, 0.3) is 0 Å². The van der Waals surface area contributed by atoms with Crippen LogP contribution in [0.4, 0.5) is 11.4 Å². The van der Waals surface area contributed by atoms with Gasteiger partial charge in [0.2, 0.25) is 0 Å². The summed E-state index contributed by atoms with van der Waals surface area (Å²) in [5.41, 5.74) is 7.42. The first kappa shape index (κ1) is 15.8. The monoisotopic (exact) mass is 279 g/mol. The number of hydrogen-bond donors (Lipinski definition) is 2. The van der Waals surface area contributed by atoms with Crippen LogP contribution in [0, 0.1) is 0 Å². The summed E-state index contributed by atoms with van der Waals surface area (Å²) < 4.78 is 4.84. The first-order valence-corrected chi connectivity index (χ1v) is 6.46. The number of ether oxygens (including phenoxy) is 1. The van der Waals surface area contributed by atoms with E-state index in [0.29, 0.717) is 30.1 Å². The van der Waals surface area contributed by atoms with Crippen LogP contribution in [0.15, 0.2) is 18.2 Å². The number of benzene rings is 1. The zero-order chi connectivity index (χ0) is 15.1. The van der Waals surface area contributed by atoms with Gasteiger partial charge in [-0.1, -0.05) is 0 Å². The van der Waals surface area contributed by atoms with E-state index in [1.54, 1.807) is 39.2 Å². The highest BCUT2D eigenvalue weighted by molar-refractivity contribution is 6.00. The number of rotatable bonds is 6. The molecule has 0 heterocycles. The van der Waals surface area contributed by atoms with E-state index in [1.165, 1.54) is 4.90 Å². The quantitative estimate of drug-likeness (QED) is 0.606. The Morgan fingerprint density at radius 1 is 1.35 bits per heavy atom. The van der Waals surface area contributed by atoms with Gasteiger partial charge in [-0.05, 0) is 25.1 Å². The number of nitrogens with zero attached hydrogens (tertiary/aromatic N) is 1. The SMILES string of the molecule is CCOC(=O)CCNc1cc(N)ccc1C(=O)N(C)C. The fourth-order valence-corrected chi connectivity index (χ4v) is 1.67. The molecule has 3 N–H and O–H groups in total. The number of carbonyl (C=O) groups is 2. The van der Waals surface area contributed by atoms with Gasteiger partial charge in [0.25, 0.3) is 5.91 Å². The third-order valence-electron chi connectivity index (χ3n) is 2.63. The number of hydrogen-bond acceptors (Lipinski definition) is 5. The molecule has 0 aliphatic rings. The molecule has 1 aromatic carbocycles. The average molecular weight is 279 g/mol. The van der Waals surface area contributed by atoms with Crippen molar-refractivity contribution in [3.05, 3.63) is 23.8 Å². The molecule has 0 bridgehead atoms. The summed E-state index contributed by atoms with van der Waals surface area (Å²) in [4.78, 5) is 24.8. The Bertz CT molecular complexity index is 487. The topological polar surface area (TPSA) is 84.7 Å². The highest BCUT2D eigenvalue weighted by Crippen LogP contribution is 2.20. The van der Waals surface area contributed by atoms with Crippen LogP contribution in [-0.4, -0.2) is 44.0 Å². The standard InChI is InChI=1S/C14H21N3O3/c1-4-20-13(18)7-8-16-12-9-10(15)5-6-11(12)14(19)17(2)3/h5-6,9,16H,4,7-8,15H2,1-3H3. The fourth-order valence-electron chi connectivity index (χ4n) is 1.67. The lowest BCUT2D eigenvalue weighted by Gasteiger charge is -2.15. The molecule has 6 nitrogen and oxygen atoms in total. The van der Waals surface area contributed by atoms with Crippen LogP contribution in [0.5, 0.6) is 0 Å². The number of carbonyl (C=O) groups excluding carboxylic acids is 2. The Hall–Kier alpha value is -2.24. The zero-order valence-corrected chi connectivity index (χ0v) is 12.1. The number of nitrogens with one attached hydrogen (secondary N) is 1. The van der Waals surface area contributed by atoms with Crippen molar-refractivity contribution in [2.75, 3.05) is 38.3 Å². The van der Waals surface area contributed by atoms with E-state index in [0.717, 1.165) is 0 Å². The summed E-state index contributed by atoms with van der Waals surface area (Å²) in [6, 6.07) is 5.03. The molecule has 0 saturated heterocycles. The second-order valence-corrected chi connectivity index (χ2v) is 4.49. The van der Waals surface area contributed by atoms with Gasteiger partial charge in [0.05, 0.1) is 18.6 Å². The normalized spacial score (nSPS) is 9.95. The second-order valence-electron chi connectivity index (χ2n) is 4.49. The molecule has 110 valence electrons. The van der Waals surface area contributed by atoms with Gasteiger partial charge in [-0.15, -0.1) is 0 Å². The van der Waals surface area contributed by atoms with Gasteiger partial charge in [-0.2, -0.15) is 0 Å². The van der Waals surface area contributed by atoms with Gasteiger partial charge in [0.15, 0.2) is 0 Å². The van der Waals surface area contributed by atoms with Crippen LogP contribution in [0.1, 0.15) is 23.7 Å². The predicted molar refractivity (Wildman–Crippen MR) is 78.6 cm³/mol. The van der Waals surface area contributed by atoms with Crippen LogP contribution < -0.4 is 11.1 Å². The van der Waals surface area contributed by atoms with E-state index >= 15 is 0 Å². The van der Waals surface area contributed by atoms with Crippen molar-refractivity contribution in [2.45, 2.75) is 13.3 Å². The van der Waals surface area contributed by atoms with Gasteiger partial charge >= 0.3 is 5.97 Å². The molecule has 1 aromatic rings. The Morgan fingerprint density at radius 2 is 2.05 bits per heavy atom. The highest BCUT2D eigenvalue weighted by atomic mass is 16.5. The lowest BCUT2D eigenvalue weighted by molar-refractivity contribution is -0.142. The van der Waals surface area contributed by atoms with Gasteiger partial charge < -0.3 is 20.7 Å². The smallest absolute Gasteiger partial charge is 0.307 e. The van der Waals surface area contributed by atoms with E-state index in [4.69, 9.17) is 10.5 Å². The second kappa shape index (κ2) is 7.37. The molecule has 0 aliphatic carbocycles. The molecular weight excluding hydrogens is 258 g/mol. The predicted octanol–water partition coefficient (Wildman–Crippen LogP) is 1.34. The van der Waals surface area contributed by atoms with Crippen molar-refractivity contribution in [3.8, 4) is 0 Å². The molecule has 0 unspecified atom stereocenters. The van der Waals surface area contributed by atoms with Crippen LogP contribution in [0.3, 0.4) is 0 Å². The lowest BCUT2D eigenvalue weighted by atomic mass is 10.1. The van der Waals surface area contributed by atoms with Gasteiger partial charge in [0.1, 0.15) is 0 Å². The number of amides is 1. The van der Waals surface area contributed by atoms with E-state index in [1.807, 2.05) is 0 Å². The maximum atomic E-state index is 12.0. The summed E-state index contributed by atoms with van der Waals surface area (Å²) in [5, 5.41) is 3.05. The van der Waals surface area contributed by atoms with Gasteiger partial charge in [-0.3, -0.25) is 9.59 Å². The van der Waals surface area contributed by atoms with Crippen molar-refractivity contribution in [3.63, 3.8) is 0 Å². The van der Waals surface area contributed by atoms with Crippen LogP contribution in [0.2, 0.25) is 0 Å². The highest BCUT2D eigenvalue weighted by Gasteiger charge is 2.13. The van der Waals surface area contributed by atoms with E-state index in [9.17, 15) is 9.59 Å². The van der Waals surface area contributed by atoms with Crippen molar-refractivity contribution in [2.24, 2.45) is 0 Å². The molecule has 1 rings (SSSR count). The Kier molecular flexibility index (Phi) is 5.83. The van der Waals surface area contributed by atoms with Crippen molar-refractivity contribution in [1.29, 1.82) is 0 Å². The first-order chi connectivity index (χ1) is 9.45. The van der Waals surface area contributed by atoms with Crippen LogP contribution >= 0.6 is 0 Å². The van der Waals surface area contributed by atoms with Crippen molar-refractivity contribution < 1.29 is 14.3 Å². The van der Waals surface area contributed by atoms with E-state index in [2.05, 4.69) is 5.32 Å². The molecule has 0 aromatic heterocycles. The fraction of sp³-hybridized carbons (Fsp3) is 0.429. The summed E-state index contributed by atoms with van der Waals surface area (Å²) in [6.07, 6.45) is 0.234. The Labute approximate surface area is 118 Å². The number of nitrogens with two attached hydrogens (primary N) is 1. The Morgan fingerprint density at radius 3 is 2.65 bits per heavy atom. The Balaban J connectivity index is 2.75. The molecule has 1 amide bonds. The molecule has 0 aliphatic heterocycles. The minimum atomic E-state index is -0.274. The summed E-state index contributed by atoms with van der Waals surface area (Å²) in [5.74, 6) is -0.395. The summed E-state index contributed by atoms with van der Waals surface area (Å²) in [7, 11) is 3.36. The molecule has 20 heavy (non-hydrogen) atoms. The molecular formula is C14H21N3O3. The number of anilines is 2. The molecule has 0 fully saturated rings. The number of nitrogen functional groups attached to an aromatic ring is 1. The van der Waals surface area contributed by atoms with Gasteiger partial charge in [0, 0.05) is 32.0 Å². The van der Waals surface area contributed by atoms with Crippen LogP contribution in [-0.2, 0) is 9.53 Å². The lowest BCUT2D eigenvalue weighted by Crippen LogP contribution is -2.23. The molecule has 0 saturated carbocycles. The molecule has 0 radical (unpaired) electrons. The molecule has 0 atom stereocenters. The maximum Gasteiger partial charge on any atom is 0.307 e. The minimum Gasteiger partial charge on any atom is -0.466 e. The average Bonchev–Trinajstić information content (AvgIpc) is 2.38. The zero-order valence-electron chi connectivity index (χ0n) is 12.1. The summed E-state index contributed by atoms with van der Waals surface area (Å²) in [6.45, 7) is 2.51. The van der Waals surface area contributed by atoms with Crippen molar-refractivity contribution in [1.82, 2.24) is 4.90 Å². The molecule has 0 spiro atoms. The van der Waals surface area contributed by atoms with Crippen molar-refractivity contribution >= 4 is 23.3 Å². The maximum absolute atomic E-state index is 12.0. The first-order valence-electron chi connectivity index (χ1n) is 6.46. The van der Waals surface area contributed by atoms with E-state index in [-0.39, 0.29) is 18.3 Å². The van der Waals surface area contributed by atoms with E-state index < -0.39 is 0 Å². The number of esters is 1. The minimum absolute atomic E-state index is 0.122. The van der Waals surface area contributed by atoms with Gasteiger partial charge in [-0.25, -0.2) is 0 Å². The largest absolute Gasteiger partial charge is 0.466 e. The third-order valence-corrected chi connectivity index (χ3v) is 2.63. The summed E-state index contributed by atoms with van der Waals surface area (Å²) >= 11 is 0. The third kappa shape index (κ3) is 4.46. The molecule has 6 heteroatoms.